The van der Waals surface area contributed by atoms with Crippen LogP contribution in [0.25, 0.3) is 11.0 Å². The smallest absolute Gasteiger partial charge is 0.253 e. The second kappa shape index (κ2) is 5.20. The van der Waals surface area contributed by atoms with Gasteiger partial charge in [-0.3, -0.25) is 9.48 Å². The number of hydrogen-bond donors (Lipinski definition) is 2. The minimum Gasteiger partial charge on any atom is -0.349 e. The molecule has 0 aromatic carbocycles. The van der Waals surface area contributed by atoms with Crippen molar-refractivity contribution >= 4 is 16.9 Å². The summed E-state index contributed by atoms with van der Waals surface area (Å²) in [6.45, 7) is 3.85. The van der Waals surface area contributed by atoms with Gasteiger partial charge in [-0.25, -0.2) is 4.98 Å². The maximum atomic E-state index is 12.3. The highest BCUT2D eigenvalue weighted by Crippen LogP contribution is 2.16. The molecule has 6 nitrogen and oxygen atoms in total. The summed E-state index contributed by atoms with van der Waals surface area (Å²) in [4.78, 5) is 16.6. The number of pyridine rings is 1. The third kappa shape index (κ3) is 2.38. The molecule has 20 heavy (non-hydrogen) atoms. The van der Waals surface area contributed by atoms with Crippen LogP contribution in [0.15, 0.2) is 12.3 Å². The van der Waals surface area contributed by atoms with E-state index in [4.69, 9.17) is 0 Å². The van der Waals surface area contributed by atoms with E-state index in [1.165, 1.54) is 0 Å². The first-order valence-corrected chi connectivity index (χ1v) is 6.96. The van der Waals surface area contributed by atoms with Crippen LogP contribution in [0.5, 0.6) is 0 Å². The number of aryl methyl sites for hydroxylation is 2. The molecule has 2 aromatic rings. The molecule has 2 aromatic heterocycles. The highest BCUT2D eigenvalue weighted by Gasteiger charge is 2.17. The van der Waals surface area contributed by atoms with Crippen LogP contribution >= 0.6 is 0 Å². The third-order valence-electron chi connectivity index (χ3n) is 3.80. The Labute approximate surface area is 117 Å². The SMILES string of the molecule is Cc1nn(C)c2ncc(C(=O)NC3CCNCC3)cc12. The van der Waals surface area contributed by atoms with Crippen molar-refractivity contribution in [3.63, 3.8) is 0 Å². The van der Waals surface area contributed by atoms with Crippen molar-refractivity contribution in [2.24, 2.45) is 7.05 Å². The van der Waals surface area contributed by atoms with Gasteiger partial charge in [-0.1, -0.05) is 0 Å². The molecule has 0 aliphatic carbocycles. The summed E-state index contributed by atoms with van der Waals surface area (Å²) in [5, 5.41) is 11.6. The number of carbonyl (C=O) groups is 1. The van der Waals surface area contributed by atoms with Crippen LogP contribution in [-0.4, -0.2) is 39.8 Å². The Morgan fingerprint density at radius 1 is 1.45 bits per heavy atom. The van der Waals surface area contributed by atoms with E-state index < -0.39 is 0 Å². The first-order chi connectivity index (χ1) is 9.65. The molecule has 1 saturated heterocycles. The van der Waals surface area contributed by atoms with Gasteiger partial charge in [-0.05, 0) is 38.9 Å². The van der Waals surface area contributed by atoms with Crippen molar-refractivity contribution in [2.45, 2.75) is 25.8 Å². The number of rotatable bonds is 2. The minimum atomic E-state index is -0.0467. The number of piperidine rings is 1. The fourth-order valence-electron chi connectivity index (χ4n) is 2.67. The maximum Gasteiger partial charge on any atom is 0.253 e. The number of fused-ring (bicyclic) bond motifs is 1. The standard InChI is InChI=1S/C14H19N5O/c1-9-12-7-10(8-16-13(12)19(2)18-9)14(20)17-11-3-5-15-6-4-11/h7-8,11,15H,3-6H2,1-2H3,(H,17,20). The zero-order chi connectivity index (χ0) is 14.1. The van der Waals surface area contributed by atoms with E-state index in [0.717, 1.165) is 42.7 Å². The van der Waals surface area contributed by atoms with Gasteiger partial charge in [0, 0.05) is 24.7 Å². The molecular weight excluding hydrogens is 254 g/mol. The van der Waals surface area contributed by atoms with E-state index in [2.05, 4.69) is 20.7 Å². The normalized spacial score (nSPS) is 16.5. The predicted molar refractivity (Wildman–Crippen MR) is 76.6 cm³/mol. The largest absolute Gasteiger partial charge is 0.349 e. The first kappa shape index (κ1) is 13.1. The first-order valence-electron chi connectivity index (χ1n) is 6.96. The van der Waals surface area contributed by atoms with Crippen molar-refractivity contribution in [3.05, 3.63) is 23.5 Å². The monoisotopic (exact) mass is 273 g/mol. The average Bonchev–Trinajstić information content (AvgIpc) is 2.75. The van der Waals surface area contributed by atoms with Crippen LogP contribution in [0.3, 0.4) is 0 Å². The fourth-order valence-corrected chi connectivity index (χ4v) is 2.67. The number of amides is 1. The van der Waals surface area contributed by atoms with Crippen LogP contribution in [0, 0.1) is 6.92 Å². The lowest BCUT2D eigenvalue weighted by atomic mass is 10.1. The van der Waals surface area contributed by atoms with E-state index in [0.29, 0.717) is 5.56 Å². The lowest BCUT2D eigenvalue weighted by Gasteiger charge is -2.23. The Morgan fingerprint density at radius 3 is 2.95 bits per heavy atom. The lowest BCUT2D eigenvalue weighted by molar-refractivity contribution is 0.0929. The summed E-state index contributed by atoms with van der Waals surface area (Å²) in [5.74, 6) is -0.0467. The summed E-state index contributed by atoms with van der Waals surface area (Å²) in [6.07, 6.45) is 3.58. The summed E-state index contributed by atoms with van der Waals surface area (Å²) in [6, 6.07) is 2.13. The van der Waals surface area contributed by atoms with E-state index in [1.807, 2.05) is 20.0 Å². The summed E-state index contributed by atoms with van der Waals surface area (Å²) < 4.78 is 1.74. The molecule has 106 valence electrons. The quantitative estimate of drug-likeness (QED) is 0.847. The van der Waals surface area contributed by atoms with Crippen molar-refractivity contribution in [2.75, 3.05) is 13.1 Å². The van der Waals surface area contributed by atoms with Crippen molar-refractivity contribution in [1.82, 2.24) is 25.4 Å². The van der Waals surface area contributed by atoms with Gasteiger partial charge in [0.05, 0.1) is 11.3 Å². The molecule has 0 spiro atoms. The molecule has 1 amide bonds. The summed E-state index contributed by atoms with van der Waals surface area (Å²) >= 11 is 0. The molecule has 1 aliphatic heterocycles. The van der Waals surface area contributed by atoms with Gasteiger partial charge in [-0.15, -0.1) is 0 Å². The van der Waals surface area contributed by atoms with E-state index in [1.54, 1.807) is 10.9 Å². The van der Waals surface area contributed by atoms with E-state index >= 15 is 0 Å². The summed E-state index contributed by atoms with van der Waals surface area (Å²) in [5.41, 5.74) is 2.31. The van der Waals surface area contributed by atoms with Crippen molar-refractivity contribution in [3.8, 4) is 0 Å². The molecule has 0 unspecified atom stereocenters. The summed E-state index contributed by atoms with van der Waals surface area (Å²) in [7, 11) is 1.86. The second-order valence-corrected chi connectivity index (χ2v) is 5.30. The zero-order valence-corrected chi connectivity index (χ0v) is 11.8. The highest BCUT2D eigenvalue weighted by molar-refractivity contribution is 5.97. The Bertz CT molecular complexity index is 642. The third-order valence-corrected chi connectivity index (χ3v) is 3.80. The number of nitrogens with one attached hydrogen (secondary N) is 2. The van der Waals surface area contributed by atoms with Crippen LogP contribution in [0.1, 0.15) is 28.9 Å². The van der Waals surface area contributed by atoms with Crippen LogP contribution in [0.2, 0.25) is 0 Å². The average molecular weight is 273 g/mol. The van der Waals surface area contributed by atoms with Crippen LogP contribution in [-0.2, 0) is 7.05 Å². The van der Waals surface area contributed by atoms with Gasteiger partial charge < -0.3 is 10.6 Å². The molecule has 6 heteroatoms. The Morgan fingerprint density at radius 2 is 2.20 bits per heavy atom. The molecule has 0 radical (unpaired) electrons. The molecule has 2 N–H and O–H groups in total. The molecule has 0 atom stereocenters. The van der Waals surface area contributed by atoms with E-state index in [9.17, 15) is 4.79 Å². The Balaban J connectivity index is 1.82. The molecule has 3 rings (SSSR count). The van der Waals surface area contributed by atoms with Gasteiger partial charge in [0.2, 0.25) is 0 Å². The van der Waals surface area contributed by atoms with Crippen LogP contribution in [0.4, 0.5) is 0 Å². The number of nitrogens with zero attached hydrogens (tertiary/aromatic N) is 3. The molecule has 0 saturated carbocycles. The van der Waals surface area contributed by atoms with Gasteiger partial charge >= 0.3 is 0 Å². The van der Waals surface area contributed by atoms with Gasteiger partial charge in [0.15, 0.2) is 5.65 Å². The fraction of sp³-hybridized carbons (Fsp3) is 0.500. The predicted octanol–water partition coefficient (Wildman–Crippen LogP) is 0.759. The number of carbonyl (C=O) groups excluding carboxylic acids is 1. The Hall–Kier alpha value is -1.95. The zero-order valence-electron chi connectivity index (χ0n) is 11.8. The molecule has 3 heterocycles. The number of aromatic nitrogens is 3. The molecular formula is C14H19N5O. The van der Waals surface area contributed by atoms with Crippen molar-refractivity contribution < 1.29 is 4.79 Å². The van der Waals surface area contributed by atoms with Crippen LogP contribution < -0.4 is 10.6 Å². The van der Waals surface area contributed by atoms with Gasteiger partial charge in [-0.2, -0.15) is 5.10 Å². The number of hydrogen-bond acceptors (Lipinski definition) is 4. The Kier molecular flexibility index (Phi) is 3.40. The second-order valence-electron chi connectivity index (χ2n) is 5.30. The molecule has 1 fully saturated rings. The lowest BCUT2D eigenvalue weighted by Crippen LogP contribution is -2.42. The minimum absolute atomic E-state index is 0.0467. The van der Waals surface area contributed by atoms with E-state index in [-0.39, 0.29) is 11.9 Å². The maximum absolute atomic E-state index is 12.3. The molecule has 1 aliphatic rings. The molecule has 0 bridgehead atoms. The topological polar surface area (TPSA) is 71.8 Å². The van der Waals surface area contributed by atoms with Crippen molar-refractivity contribution in [1.29, 1.82) is 0 Å². The van der Waals surface area contributed by atoms with Gasteiger partial charge in [0.25, 0.3) is 5.91 Å². The highest BCUT2D eigenvalue weighted by atomic mass is 16.1. The van der Waals surface area contributed by atoms with Gasteiger partial charge in [0.1, 0.15) is 0 Å².